The van der Waals surface area contributed by atoms with Crippen LogP contribution in [0.25, 0.3) is 0 Å². The van der Waals surface area contributed by atoms with E-state index in [1.807, 2.05) is 0 Å². The number of alkyl halides is 3. The molecule has 7 heteroatoms. The van der Waals surface area contributed by atoms with Crippen molar-refractivity contribution < 1.29 is 27.4 Å². The van der Waals surface area contributed by atoms with Crippen LogP contribution in [0.5, 0.6) is 5.75 Å². The molecule has 0 aliphatic carbocycles. The van der Waals surface area contributed by atoms with Gasteiger partial charge < -0.3 is 14.8 Å². The second kappa shape index (κ2) is 8.19. The van der Waals surface area contributed by atoms with Crippen molar-refractivity contribution in [3.8, 4) is 5.75 Å². The third kappa shape index (κ3) is 6.90. The number of hydrogen-bond acceptors (Lipinski definition) is 3. The number of amides is 1. The maximum absolute atomic E-state index is 12.0. The van der Waals surface area contributed by atoms with Crippen molar-refractivity contribution in [2.24, 2.45) is 0 Å². The fraction of sp³-hybridized carbons (Fsp3) is 0.562. The van der Waals surface area contributed by atoms with E-state index in [2.05, 4.69) is 5.32 Å². The Morgan fingerprint density at radius 1 is 1.26 bits per heavy atom. The molecule has 2 rings (SSSR count). The summed E-state index contributed by atoms with van der Waals surface area (Å²) in [6.45, 7) is 1.23. The zero-order chi connectivity index (χ0) is 16.7. The zero-order valence-corrected chi connectivity index (χ0v) is 12.7. The van der Waals surface area contributed by atoms with Gasteiger partial charge in [0.1, 0.15) is 12.4 Å². The van der Waals surface area contributed by atoms with Crippen LogP contribution >= 0.6 is 0 Å². The molecule has 1 fully saturated rings. The highest BCUT2D eigenvalue weighted by Gasteiger charge is 2.27. The van der Waals surface area contributed by atoms with Gasteiger partial charge in [-0.05, 0) is 43.5 Å². The Bertz CT molecular complexity index is 496. The molecular formula is C16H20F3NO3. The van der Waals surface area contributed by atoms with E-state index >= 15 is 0 Å². The molecule has 1 aliphatic rings. The monoisotopic (exact) mass is 331 g/mol. The summed E-state index contributed by atoms with van der Waals surface area (Å²) in [6, 6.07) is 6.54. The Balaban J connectivity index is 1.74. The molecule has 0 spiro atoms. The lowest BCUT2D eigenvalue weighted by atomic mass is 10.1. The first-order chi connectivity index (χ1) is 10.9. The molecule has 0 bridgehead atoms. The van der Waals surface area contributed by atoms with Crippen LogP contribution in [0.2, 0.25) is 0 Å². The highest BCUT2D eigenvalue weighted by molar-refractivity contribution is 5.90. The molecule has 1 aromatic carbocycles. The minimum Gasteiger partial charge on any atom is -0.491 e. The molecule has 0 radical (unpaired) electrons. The molecule has 1 amide bonds. The fourth-order valence-corrected chi connectivity index (χ4v) is 2.24. The number of carbonyl (C=O) groups is 1. The molecule has 0 saturated carbocycles. The first-order valence-corrected chi connectivity index (χ1v) is 7.63. The molecule has 1 atom stereocenters. The largest absolute Gasteiger partial charge is 0.491 e. The molecule has 1 N–H and O–H groups in total. The molecular weight excluding hydrogens is 311 g/mol. The van der Waals surface area contributed by atoms with Gasteiger partial charge in [-0.2, -0.15) is 13.2 Å². The van der Waals surface area contributed by atoms with Gasteiger partial charge in [0.2, 0.25) is 5.91 Å². The van der Waals surface area contributed by atoms with Gasteiger partial charge >= 0.3 is 6.18 Å². The van der Waals surface area contributed by atoms with Crippen molar-refractivity contribution in [3.63, 3.8) is 0 Å². The Kier molecular flexibility index (Phi) is 6.27. The molecule has 1 unspecified atom stereocenters. The predicted molar refractivity (Wildman–Crippen MR) is 79.4 cm³/mol. The number of carbonyl (C=O) groups excluding carboxylic acids is 1. The predicted octanol–water partition coefficient (Wildman–Crippen LogP) is 3.92. The second-order valence-electron chi connectivity index (χ2n) is 5.49. The summed E-state index contributed by atoms with van der Waals surface area (Å²) in [6.07, 6.45) is -2.73. The van der Waals surface area contributed by atoms with Crippen LogP contribution in [0.1, 0.15) is 32.1 Å². The Labute approximate surface area is 133 Å². The minimum atomic E-state index is -4.32. The molecule has 1 aromatic rings. The van der Waals surface area contributed by atoms with Gasteiger partial charge in [0, 0.05) is 18.7 Å². The van der Waals surface area contributed by atoms with Crippen molar-refractivity contribution >= 4 is 11.6 Å². The highest BCUT2D eigenvalue weighted by atomic mass is 19.4. The van der Waals surface area contributed by atoms with Gasteiger partial charge in [0.05, 0.1) is 12.5 Å². The lowest BCUT2D eigenvalue weighted by Crippen LogP contribution is -2.25. The van der Waals surface area contributed by atoms with Crippen LogP contribution in [0, 0.1) is 0 Å². The average molecular weight is 331 g/mol. The first kappa shape index (κ1) is 17.6. The molecule has 4 nitrogen and oxygen atoms in total. The van der Waals surface area contributed by atoms with E-state index < -0.39 is 24.9 Å². The zero-order valence-electron chi connectivity index (χ0n) is 12.7. The maximum Gasteiger partial charge on any atom is 0.389 e. The molecule has 1 aliphatic heterocycles. The van der Waals surface area contributed by atoms with Gasteiger partial charge in [-0.1, -0.05) is 0 Å². The average Bonchev–Trinajstić information content (AvgIpc) is 2.53. The van der Waals surface area contributed by atoms with Crippen LogP contribution in [0.15, 0.2) is 24.3 Å². The summed E-state index contributed by atoms with van der Waals surface area (Å²) in [5.74, 6) is -0.0286. The van der Waals surface area contributed by atoms with Crippen molar-refractivity contribution in [2.45, 2.75) is 44.4 Å². The quantitative estimate of drug-likeness (QED) is 0.859. The Morgan fingerprint density at radius 2 is 2.00 bits per heavy atom. The number of halogens is 3. The fourth-order valence-electron chi connectivity index (χ4n) is 2.24. The van der Waals surface area contributed by atoms with E-state index in [0.717, 1.165) is 25.9 Å². The molecule has 1 heterocycles. The summed E-state index contributed by atoms with van der Waals surface area (Å²) in [4.78, 5) is 11.4. The smallest absolute Gasteiger partial charge is 0.389 e. The van der Waals surface area contributed by atoms with Gasteiger partial charge in [0.25, 0.3) is 0 Å². The van der Waals surface area contributed by atoms with Crippen molar-refractivity contribution in [1.82, 2.24) is 0 Å². The van der Waals surface area contributed by atoms with Crippen LogP contribution in [0.3, 0.4) is 0 Å². The summed E-state index contributed by atoms with van der Waals surface area (Å²) in [5, 5.41) is 2.43. The van der Waals surface area contributed by atoms with Gasteiger partial charge in [0.15, 0.2) is 0 Å². The van der Waals surface area contributed by atoms with Gasteiger partial charge in [-0.25, -0.2) is 0 Å². The van der Waals surface area contributed by atoms with Crippen LogP contribution in [0.4, 0.5) is 18.9 Å². The highest BCUT2D eigenvalue weighted by Crippen LogP contribution is 2.22. The molecule has 23 heavy (non-hydrogen) atoms. The molecule has 1 saturated heterocycles. The summed E-state index contributed by atoms with van der Waals surface area (Å²) < 4.78 is 47.3. The number of rotatable bonds is 6. The number of benzene rings is 1. The van der Waals surface area contributed by atoms with E-state index in [-0.39, 0.29) is 6.10 Å². The SMILES string of the molecule is O=C(CCC(F)(F)F)Nc1ccc(OCC2CCCCO2)cc1. The van der Waals surface area contributed by atoms with E-state index in [1.54, 1.807) is 24.3 Å². The topological polar surface area (TPSA) is 47.6 Å². The third-order valence-electron chi connectivity index (χ3n) is 3.48. The Morgan fingerprint density at radius 3 is 2.61 bits per heavy atom. The molecule has 0 aromatic heterocycles. The van der Waals surface area contributed by atoms with Crippen molar-refractivity contribution in [1.29, 1.82) is 0 Å². The Hall–Kier alpha value is -1.76. The lowest BCUT2D eigenvalue weighted by molar-refractivity contribution is -0.142. The van der Waals surface area contributed by atoms with Crippen molar-refractivity contribution in [3.05, 3.63) is 24.3 Å². The van der Waals surface area contributed by atoms with E-state index in [0.29, 0.717) is 18.0 Å². The minimum absolute atomic E-state index is 0.102. The van der Waals surface area contributed by atoms with E-state index in [4.69, 9.17) is 9.47 Å². The third-order valence-corrected chi connectivity index (χ3v) is 3.48. The lowest BCUT2D eigenvalue weighted by Gasteiger charge is -2.22. The number of hydrogen-bond donors (Lipinski definition) is 1. The summed E-state index contributed by atoms with van der Waals surface area (Å²) in [7, 11) is 0. The molecule has 128 valence electrons. The van der Waals surface area contributed by atoms with E-state index in [9.17, 15) is 18.0 Å². The number of nitrogens with one attached hydrogen (secondary N) is 1. The standard InChI is InChI=1S/C16H20F3NO3/c17-16(18,19)9-8-15(21)20-12-4-6-13(7-5-12)23-11-14-3-1-2-10-22-14/h4-7,14H,1-3,8-11H2,(H,20,21). The van der Waals surface area contributed by atoms with Crippen LogP contribution < -0.4 is 10.1 Å². The normalized spacial score (nSPS) is 18.5. The number of ether oxygens (including phenoxy) is 2. The van der Waals surface area contributed by atoms with Gasteiger partial charge in [-0.15, -0.1) is 0 Å². The van der Waals surface area contributed by atoms with Crippen LogP contribution in [-0.2, 0) is 9.53 Å². The summed E-state index contributed by atoms with van der Waals surface area (Å²) in [5.41, 5.74) is 0.443. The van der Waals surface area contributed by atoms with E-state index in [1.165, 1.54) is 0 Å². The second-order valence-corrected chi connectivity index (χ2v) is 5.49. The summed E-state index contributed by atoms with van der Waals surface area (Å²) >= 11 is 0. The first-order valence-electron chi connectivity index (χ1n) is 7.63. The van der Waals surface area contributed by atoms with Crippen molar-refractivity contribution in [2.75, 3.05) is 18.5 Å². The maximum atomic E-state index is 12.0. The van der Waals surface area contributed by atoms with Gasteiger partial charge in [-0.3, -0.25) is 4.79 Å². The number of anilines is 1. The van der Waals surface area contributed by atoms with Crippen LogP contribution in [-0.4, -0.2) is 31.4 Å².